The highest BCUT2D eigenvalue weighted by Gasteiger charge is 2.35. The smallest absolute Gasteiger partial charge is 0.249 e. The van der Waals surface area contributed by atoms with E-state index in [1.165, 1.54) is 9.80 Å². The van der Waals surface area contributed by atoms with Gasteiger partial charge in [0, 0.05) is 56.8 Å². The fraction of sp³-hybridized carbons (Fsp3) is 0.389. The minimum absolute atomic E-state index is 0.117. The van der Waals surface area contributed by atoms with Crippen LogP contribution >= 0.6 is 11.3 Å². The Morgan fingerprint density at radius 2 is 1.76 bits per heavy atom. The minimum Gasteiger partial charge on any atom is -0.370 e. The fourth-order valence-electron chi connectivity index (χ4n) is 5.85. The minimum atomic E-state index is -0.831. The first-order chi connectivity index (χ1) is 22.4. The molecule has 1 aliphatic rings. The third-order valence-electron chi connectivity index (χ3n) is 8.65. The number of thiophene rings is 1. The molecule has 5 rings (SSSR count). The lowest BCUT2D eigenvalue weighted by atomic mass is 9.99. The molecule has 10 heteroatoms. The molecule has 3 atom stereocenters. The van der Waals surface area contributed by atoms with E-state index >= 15 is 0 Å². The monoisotopic (exact) mass is 641 g/mol. The average Bonchev–Trinajstić information content (AvgIpc) is 3.80. The Labute approximate surface area is 275 Å². The summed E-state index contributed by atoms with van der Waals surface area (Å²) < 4.78 is 5.79. The highest BCUT2D eigenvalue weighted by Crippen LogP contribution is 2.21. The molecular formula is C36H43N5O4S. The first kappa shape index (κ1) is 33.2. The van der Waals surface area contributed by atoms with Crippen molar-refractivity contribution >= 4 is 39.8 Å². The molecule has 4 aromatic rings. The number of benzene rings is 2. The molecule has 3 amide bonds. The first-order valence-electron chi connectivity index (χ1n) is 15.9. The second-order valence-corrected chi connectivity index (χ2v) is 12.9. The quantitative estimate of drug-likeness (QED) is 0.204. The molecule has 2 aromatic carbocycles. The number of fused-ring (bicyclic) bond motifs is 1. The van der Waals surface area contributed by atoms with Crippen molar-refractivity contribution in [3.05, 3.63) is 101 Å². The summed E-state index contributed by atoms with van der Waals surface area (Å²) in [5, 5.41) is 10.5. The number of hydrogen-bond donors (Lipinski definition) is 2. The summed E-state index contributed by atoms with van der Waals surface area (Å²) in [6.45, 7) is 1.72. The van der Waals surface area contributed by atoms with Crippen LogP contribution in [0, 0.1) is 0 Å². The topological polar surface area (TPSA) is 104 Å². The van der Waals surface area contributed by atoms with Gasteiger partial charge in [-0.25, -0.2) is 0 Å². The normalized spacial score (nSPS) is 15.7. The molecule has 0 saturated carbocycles. The van der Waals surface area contributed by atoms with Crippen LogP contribution in [0.5, 0.6) is 0 Å². The predicted molar refractivity (Wildman–Crippen MR) is 182 cm³/mol. The zero-order valence-corrected chi connectivity index (χ0v) is 27.4. The van der Waals surface area contributed by atoms with Gasteiger partial charge in [-0.2, -0.15) is 0 Å². The molecule has 9 nitrogen and oxygen atoms in total. The summed E-state index contributed by atoms with van der Waals surface area (Å²) >= 11 is 1.55. The number of hydrogen-bond acceptors (Lipinski definition) is 7. The molecule has 1 aliphatic heterocycles. The Balaban J connectivity index is 1.34. The van der Waals surface area contributed by atoms with Gasteiger partial charge in [-0.15, -0.1) is 11.3 Å². The summed E-state index contributed by atoms with van der Waals surface area (Å²) in [6, 6.07) is 20.6. The summed E-state index contributed by atoms with van der Waals surface area (Å²) in [6.07, 6.45) is 6.90. The molecule has 3 heterocycles. The fourth-order valence-corrected chi connectivity index (χ4v) is 6.60. The number of amides is 3. The molecule has 1 fully saturated rings. The van der Waals surface area contributed by atoms with Crippen molar-refractivity contribution in [2.45, 2.75) is 50.2 Å². The second kappa shape index (κ2) is 16.4. The Bertz CT molecular complexity index is 1580. The molecule has 242 valence electrons. The van der Waals surface area contributed by atoms with E-state index in [0.29, 0.717) is 32.4 Å². The van der Waals surface area contributed by atoms with Crippen LogP contribution in [0.1, 0.15) is 28.8 Å². The number of ether oxygens (including phenoxy) is 1. The van der Waals surface area contributed by atoms with Gasteiger partial charge in [0.15, 0.2) is 0 Å². The van der Waals surface area contributed by atoms with Crippen molar-refractivity contribution in [1.82, 2.24) is 25.4 Å². The summed E-state index contributed by atoms with van der Waals surface area (Å²) in [5.74, 6) is -0.807. The number of carbonyl (C=O) groups is 3. The number of pyridine rings is 1. The van der Waals surface area contributed by atoms with Crippen LogP contribution in [0.4, 0.5) is 0 Å². The summed E-state index contributed by atoms with van der Waals surface area (Å²) in [4.78, 5) is 49.6. The molecule has 0 radical (unpaired) electrons. The molecule has 0 spiro atoms. The number of nitrogens with one attached hydrogen (secondary N) is 2. The maximum absolute atomic E-state index is 14.4. The molecule has 3 unspecified atom stereocenters. The lowest BCUT2D eigenvalue weighted by Crippen LogP contribution is -2.56. The van der Waals surface area contributed by atoms with Crippen LogP contribution < -0.4 is 10.6 Å². The van der Waals surface area contributed by atoms with Gasteiger partial charge in [0.25, 0.3) is 0 Å². The van der Waals surface area contributed by atoms with Crippen LogP contribution in [-0.4, -0.2) is 91.0 Å². The number of nitrogens with zero attached hydrogens (tertiary/aromatic N) is 3. The van der Waals surface area contributed by atoms with Gasteiger partial charge in [0.05, 0.1) is 6.61 Å². The van der Waals surface area contributed by atoms with Crippen molar-refractivity contribution in [1.29, 1.82) is 0 Å². The van der Waals surface area contributed by atoms with Gasteiger partial charge in [-0.05, 0) is 71.3 Å². The molecule has 0 bridgehead atoms. The third-order valence-corrected chi connectivity index (χ3v) is 9.55. The third kappa shape index (κ3) is 8.99. The van der Waals surface area contributed by atoms with Crippen molar-refractivity contribution in [2.75, 3.05) is 40.4 Å². The van der Waals surface area contributed by atoms with Gasteiger partial charge >= 0.3 is 0 Å². The summed E-state index contributed by atoms with van der Waals surface area (Å²) in [5.41, 5.74) is 1.99. The van der Waals surface area contributed by atoms with Crippen LogP contribution in [0.3, 0.4) is 0 Å². The van der Waals surface area contributed by atoms with Crippen molar-refractivity contribution in [3.8, 4) is 0 Å². The average molecular weight is 642 g/mol. The van der Waals surface area contributed by atoms with Gasteiger partial charge in [0.2, 0.25) is 17.7 Å². The first-order valence-corrected chi connectivity index (χ1v) is 16.8. The van der Waals surface area contributed by atoms with E-state index in [-0.39, 0.29) is 30.4 Å². The van der Waals surface area contributed by atoms with Crippen molar-refractivity contribution < 1.29 is 19.1 Å². The standard InChI is InChI=1S/C36H43N5O4S/c1-40(34(42)25-45-24-30-9-5-16-38-30)33(22-27-11-12-28-7-3-4-8-29(28)21-27)36(44)41(2)32(23-31-10-6-20-46-31)35(43)39-19-15-26-13-17-37-18-14-26/h3-4,6-8,10-14,17-18,20-21,30,32-33,38H,5,9,15-16,19,22-25H2,1-2H3,(H,39,43). The van der Waals surface area contributed by atoms with Gasteiger partial charge in [0.1, 0.15) is 18.7 Å². The zero-order chi connectivity index (χ0) is 32.3. The Morgan fingerprint density at radius 3 is 2.50 bits per heavy atom. The van der Waals surface area contributed by atoms with E-state index in [0.717, 1.165) is 46.2 Å². The zero-order valence-electron chi connectivity index (χ0n) is 26.6. The number of likely N-dealkylation sites (N-methyl/N-ethyl adjacent to an activating group) is 2. The SMILES string of the molecule is CN(C(=O)COCC1CCCN1)C(Cc1ccc2ccccc2c1)C(=O)N(C)C(Cc1cccs1)C(=O)NCCc1ccncc1. The molecule has 1 saturated heterocycles. The summed E-state index contributed by atoms with van der Waals surface area (Å²) in [7, 11) is 3.32. The van der Waals surface area contributed by atoms with Crippen LogP contribution in [0.25, 0.3) is 10.8 Å². The molecule has 2 aromatic heterocycles. The molecular weight excluding hydrogens is 598 g/mol. The van der Waals surface area contributed by atoms with Crippen LogP contribution in [0.2, 0.25) is 0 Å². The lowest BCUT2D eigenvalue weighted by Gasteiger charge is -2.34. The van der Waals surface area contributed by atoms with Crippen molar-refractivity contribution in [2.24, 2.45) is 0 Å². The lowest BCUT2D eigenvalue weighted by molar-refractivity contribution is -0.149. The molecule has 0 aliphatic carbocycles. The van der Waals surface area contributed by atoms with Crippen LogP contribution in [0.15, 0.2) is 84.5 Å². The maximum atomic E-state index is 14.4. The van der Waals surface area contributed by atoms with Crippen molar-refractivity contribution in [3.63, 3.8) is 0 Å². The van der Waals surface area contributed by atoms with E-state index in [2.05, 4.69) is 21.7 Å². The van der Waals surface area contributed by atoms with Gasteiger partial charge in [-0.3, -0.25) is 19.4 Å². The van der Waals surface area contributed by atoms with Gasteiger partial charge < -0.3 is 25.2 Å². The largest absolute Gasteiger partial charge is 0.370 e. The van der Waals surface area contributed by atoms with Gasteiger partial charge in [-0.1, -0.05) is 48.5 Å². The van der Waals surface area contributed by atoms with E-state index < -0.39 is 12.1 Å². The predicted octanol–water partition coefficient (Wildman–Crippen LogP) is 3.86. The molecule has 2 N–H and O–H groups in total. The number of aromatic nitrogens is 1. The maximum Gasteiger partial charge on any atom is 0.249 e. The van der Waals surface area contributed by atoms with E-state index in [1.807, 2.05) is 66.0 Å². The highest BCUT2D eigenvalue weighted by atomic mass is 32.1. The van der Waals surface area contributed by atoms with E-state index in [1.54, 1.807) is 37.8 Å². The Kier molecular flexibility index (Phi) is 11.9. The van der Waals surface area contributed by atoms with Crippen LogP contribution in [-0.2, 0) is 38.4 Å². The molecule has 46 heavy (non-hydrogen) atoms. The highest BCUT2D eigenvalue weighted by molar-refractivity contribution is 7.09. The van der Waals surface area contributed by atoms with E-state index in [4.69, 9.17) is 4.74 Å². The Hall–Kier alpha value is -4.12. The number of carbonyl (C=O) groups excluding carboxylic acids is 3. The number of rotatable bonds is 15. The Morgan fingerprint density at radius 1 is 0.957 bits per heavy atom. The second-order valence-electron chi connectivity index (χ2n) is 11.9. The van der Waals surface area contributed by atoms with E-state index in [9.17, 15) is 14.4 Å².